The molecule has 2 saturated heterocycles. The molecule has 156 valence electrons. The highest BCUT2D eigenvalue weighted by atomic mass is 32.3. The lowest BCUT2D eigenvalue weighted by molar-refractivity contribution is -0.148. The topological polar surface area (TPSA) is 170 Å². The average molecular weight is 418 g/mol. The second kappa shape index (κ2) is 8.15. The van der Waals surface area contributed by atoms with E-state index in [4.69, 9.17) is 19.9 Å². The van der Waals surface area contributed by atoms with Crippen LogP contribution in [0, 0.1) is 0 Å². The molecule has 2 aliphatic heterocycles. The Labute approximate surface area is 153 Å². The van der Waals surface area contributed by atoms with Crippen molar-refractivity contribution in [2.75, 3.05) is 26.4 Å². The van der Waals surface area contributed by atoms with Crippen molar-refractivity contribution >= 4 is 22.3 Å². The zero-order valence-electron chi connectivity index (χ0n) is 14.0. The molecule has 12 nitrogen and oxygen atoms in total. The van der Waals surface area contributed by atoms with E-state index in [1.54, 1.807) is 0 Å². The van der Waals surface area contributed by atoms with Crippen molar-refractivity contribution in [1.29, 1.82) is 0 Å². The summed E-state index contributed by atoms with van der Waals surface area (Å²) < 4.78 is 65.6. The van der Waals surface area contributed by atoms with Crippen LogP contribution in [0.5, 0.6) is 0 Å². The van der Waals surface area contributed by atoms with Gasteiger partial charge >= 0.3 is 16.4 Å². The summed E-state index contributed by atoms with van der Waals surface area (Å²) in [6, 6.07) is -2.98. The fourth-order valence-electron chi connectivity index (χ4n) is 2.62. The van der Waals surface area contributed by atoms with Gasteiger partial charge in [-0.2, -0.15) is 13.9 Å². The van der Waals surface area contributed by atoms with E-state index in [0.29, 0.717) is 17.9 Å². The second-order valence-electron chi connectivity index (χ2n) is 6.36. The van der Waals surface area contributed by atoms with Gasteiger partial charge in [-0.15, -0.1) is 4.28 Å². The molecule has 3 amide bonds. The predicted octanol–water partition coefficient (Wildman–Crippen LogP) is -1.30. The van der Waals surface area contributed by atoms with Gasteiger partial charge in [0.25, 0.3) is 11.8 Å². The first-order chi connectivity index (χ1) is 12.4. The van der Waals surface area contributed by atoms with Crippen LogP contribution in [0.1, 0.15) is 19.3 Å². The number of nitrogens with zero attached hydrogens (tertiary/aromatic N) is 1. The molecule has 0 aromatic heterocycles. The van der Waals surface area contributed by atoms with Gasteiger partial charge in [-0.25, -0.2) is 19.1 Å². The van der Waals surface area contributed by atoms with E-state index in [2.05, 4.69) is 4.28 Å². The summed E-state index contributed by atoms with van der Waals surface area (Å²) in [7, 11) is -5.01. The Morgan fingerprint density at radius 2 is 2.04 bits per heavy atom. The molecule has 0 radical (unpaired) electrons. The standard InChI is InChI=1S/C12H20F2N4O8S/c13-12(14)1-3-18(10(20)17-26-27(21,22)23)8(5-12)9(19)16-25-7-11(15)2-4-24-6-11/h8H,1-7,15H2,(H,16,19)(H,17,20)(H,21,22,23)/t8-,11?/m0/s1. The molecular formula is C12H20F2N4O8S. The molecule has 2 rings (SSSR count). The van der Waals surface area contributed by atoms with Gasteiger partial charge in [-0.1, -0.05) is 0 Å². The predicted molar refractivity (Wildman–Crippen MR) is 82.3 cm³/mol. The first kappa shape index (κ1) is 21.6. The summed E-state index contributed by atoms with van der Waals surface area (Å²) in [5, 5.41) is 0. The molecule has 27 heavy (non-hydrogen) atoms. The number of halogens is 2. The molecular weight excluding hydrogens is 398 g/mol. The van der Waals surface area contributed by atoms with Crippen LogP contribution in [0.15, 0.2) is 0 Å². The lowest BCUT2D eigenvalue weighted by Gasteiger charge is -2.37. The van der Waals surface area contributed by atoms with E-state index < -0.39 is 59.2 Å². The fraction of sp³-hybridized carbons (Fsp3) is 0.833. The molecule has 0 aromatic rings. The minimum Gasteiger partial charge on any atom is -0.379 e. The Balaban J connectivity index is 1.96. The largest absolute Gasteiger partial charge is 0.418 e. The normalized spacial score (nSPS) is 28.0. The number of rotatable bonds is 6. The number of carbonyl (C=O) groups excluding carboxylic acids is 2. The van der Waals surface area contributed by atoms with Crippen molar-refractivity contribution in [2.45, 2.75) is 36.8 Å². The number of urea groups is 1. The molecule has 2 aliphatic rings. The third-order valence-corrected chi connectivity index (χ3v) is 4.34. The van der Waals surface area contributed by atoms with Crippen LogP contribution in [0.2, 0.25) is 0 Å². The molecule has 0 saturated carbocycles. The van der Waals surface area contributed by atoms with Crippen LogP contribution in [0.4, 0.5) is 13.6 Å². The van der Waals surface area contributed by atoms with Gasteiger partial charge in [0.15, 0.2) is 0 Å². The van der Waals surface area contributed by atoms with Gasteiger partial charge in [-0.3, -0.25) is 14.2 Å². The third-order valence-electron chi connectivity index (χ3n) is 4.05. The SMILES string of the molecule is NC1(CONC(=O)[C@@H]2CC(F)(F)CCN2C(=O)NOS(=O)(=O)O)CCOC1. The number of carbonyl (C=O) groups is 2. The van der Waals surface area contributed by atoms with Crippen molar-refractivity contribution in [3.63, 3.8) is 0 Å². The smallest absolute Gasteiger partial charge is 0.379 e. The molecule has 15 heteroatoms. The molecule has 2 heterocycles. The third kappa shape index (κ3) is 6.47. The van der Waals surface area contributed by atoms with Gasteiger partial charge < -0.3 is 15.4 Å². The highest BCUT2D eigenvalue weighted by molar-refractivity contribution is 7.80. The van der Waals surface area contributed by atoms with Crippen molar-refractivity contribution < 1.29 is 45.2 Å². The molecule has 0 bridgehead atoms. The van der Waals surface area contributed by atoms with E-state index in [1.165, 1.54) is 5.48 Å². The monoisotopic (exact) mass is 418 g/mol. The highest BCUT2D eigenvalue weighted by Gasteiger charge is 2.46. The zero-order valence-corrected chi connectivity index (χ0v) is 14.8. The first-order valence-corrected chi connectivity index (χ1v) is 9.16. The quantitative estimate of drug-likeness (QED) is 0.302. The molecule has 1 unspecified atom stereocenters. The maximum absolute atomic E-state index is 13.7. The molecule has 2 fully saturated rings. The Morgan fingerprint density at radius 1 is 1.33 bits per heavy atom. The first-order valence-electron chi connectivity index (χ1n) is 7.79. The summed E-state index contributed by atoms with van der Waals surface area (Å²) in [6.45, 7) is -0.0867. The number of hydrogen-bond acceptors (Lipinski definition) is 8. The minimum atomic E-state index is -5.01. The molecule has 5 N–H and O–H groups in total. The zero-order chi connectivity index (χ0) is 20.3. The molecule has 2 atom stereocenters. The van der Waals surface area contributed by atoms with Crippen molar-refractivity contribution in [2.24, 2.45) is 5.73 Å². The summed E-state index contributed by atoms with van der Waals surface area (Å²) >= 11 is 0. The van der Waals surface area contributed by atoms with E-state index in [0.717, 1.165) is 0 Å². The Kier molecular flexibility index (Phi) is 6.54. The van der Waals surface area contributed by atoms with Crippen LogP contribution < -0.4 is 16.7 Å². The lowest BCUT2D eigenvalue weighted by Crippen LogP contribution is -2.59. The average Bonchev–Trinajstić information content (AvgIpc) is 2.97. The van der Waals surface area contributed by atoms with Gasteiger partial charge in [0, 0.05) is 26.0 Å². The fourth-order valence-corrected chi connectivity index (χ4v) is 2.79. The van der Waals surface area contributed by atoms with Crippen molar-refractivity contribution in [3.05, 3.63) is 0 Å². The number of piperidine rings is 1. The van der Waals surface area contributed by atoms with Gasteiger partial charge in [0.2, 0.25) is 0 Å². The molecule has 0 aliphatic carbocycles. The van der Waals surface area contributed by atoms with Gasteiger partial charge in [-0.05, 0) is 6.42 Å². The lowest BCUT2D eigenvalue weighted by atomic mass is 9.98. The summed E-state index contributed by atoms with van der Waals surface area (Å²) in [6.07, 6.45) is -1.29. The number of likely N-dealkylation sites (tertiary alicyclic amines) is 1. The number of alkyl halides is 2. The van der Waals surface area contributed by atoms with Crippen LogP contribution in [0.3, 0.4) is 0 Å². The van der Waals surface area contributed by atoms with Gasteiger partial charge in [0.05, 0.1) is 18.8 Å². The van der Waals surface area contributed by atoms with E-state index >= 15 is 0 Å². The molecule has 0 spiro atoms. The number of amides is 3. The van der Waals surface area contributed by atoms with Crippen molar-refractivity contribution in [1.82, 2.24) is 15.9 Å². The number of nitrogens with one attached hydrogen (secondary N) is 2. The number of ether oxygens (including phenoxy) is 1. The molecule has 0 aromatic carbocycles. The number of hydroxylamine groups is 2. The minimum absolute atomic E-state index is 0.139. The second-order valence-corrected chi connectivity index (χ2v) is 7.38. The summed E-state index contributed by atoms with van der Waals surface area (Å²) in [4.78, 5) is 29.7. The van der Waals surface area contributed by atoms with E-state index in [9.17, 15) is 26.8 Å². The van der Waals surface area contributed by atoms with E-state index in [1.807, 2.05) is 5.48 Å². The Morgan fingerprint density at radius 3 is 2.63 bits per heavy atom. The maximum Gasteiger partial charge on any atom is 0.418 e. The summed E-state index contributed by atoms with van der Waals surface area (Å²) in [5.41, 5.74) is 8.42. The van der Waals surface area contributed by atoms with E-state index in [-0.39, 0.29) is 13.2 Å². The van der Waals surface area contributed by atoms with Crippen LogP contribution in [-0.2, 0) is 29.1 Å². The maximum atomic E-state index is 13.7. The van der Waals surface area contributed by atoms with Crippen LogP contribution in [0.25, 0.3) is 0 Å². The Hall–Kier alpha value is -1.65. The number of hydrogen-bond donors (Lipinski definition) is 4. The van der Waals surface area contributed by atoms with Crippen LogP contribution >= 0.6 is 0 Å². The highest BCUT2D eigenvalue weighted by Crippen LogP contribution is 2.32. The van der Waals surface area contributed by atoms with Crippen LogP contribution in [-0.4, -0.2) is 73.7 Å². The summed E-state index contributed by atoms with van der Waals surface area (Å²) in [5.74, 6) is -4.28. The van der Waals surface area contributed by atoms with Gasteiger partial charge in [0.1, 0.15) is 6.04 Å². The Bertz CT molecular complexity index is 670. The van der Waals surface area contributed by atoms with Crippen molar-refractivity contribution in [3.8, 4) is 0 Å². The number of nitrogens with two attached hydrogens (primary N) is 1.